The predicted molar refractivity (Wildman–Crippen MR) is 139 cm³/mol. The minimum absolute atomic E-state index is 0.00804. The Labute approximate surface area is 206 Å². The van der Waals surface area contributed by atoms with Crippen LogP contribution in [0, 0.1) is 18.7 Å². The number of rotatable bonds is 7. The Bertz CT molecular complexity index is 1140. The van der Waals surface area contributed by atoms with E-state index in [0.717, 1.165) is 42.9 Å². The molecule has 0 saturated carbocycles. The molecule has 0 aliphatic carbocycles. The van der Waals surface area contributed by atoms with Crippen LogP contribution in [0.2, 0.25) is 0 Å². The van der Waals surface area contributed by atoms with Gasteiger partial charge in [0.05, 0.1) is 0 Å². The Morgan fingerprint density at radius 2 is 1.76 bits per heavy atom. The highest BCUT2D eigenvalue weighted by atomic mass is 32.2. The van der Waals surface area contributed by atoms with Crippen LogP contribution >= 0.6 is 11.8 Å². The van der Waals surface area contributed by atoms with E-state index in [-0.39, 0.29) is 23.1 Å². The highest BCUT2D eigenvalue weighted by molar-refractivity contribution is 7.99. The van der Waals surface area contributed by atoms with Crippen LogP contribution in [0.25, 0.3) is 0 Å². The van der Waals surface area contributed by atoms with Gasteiger partial charge in [-0.25, -0.2) is 4.39 Å². The lowest BCUT2D eigenvalue weighted by Crippen LogP contribution is -2.42. The molecule has 0 atom stereocenters. The van der Waals surface area contributed by atoms with Crippen molar-refractivity contribution in [2.45, 2.75) is 55.2 Å². The second-order valence-corrected chi connectivity index (χ2v) is 10.7. The number of piperidine rings is 1. The van der Waals surface area contributed by atoms with E-state index in [9.17, 15) is 9.18 Å². The molecule has 1 aliphatic heterocycles. The van der Waals surface area contributed by atoms with E-state index in [4.69, 9.17) is 0 Å². The Kier molecular flexibility index (Phi) is 7.74. The number of hydrogen-bond donors (Lipinski definition) is 2. The SMILES string of the molecule is Cc1ccc(NC(=O)C(C)C)cc1C1(Cc2ccc(Sc3ccccc3F)cc2)CCNCC1. The number of anilines is 1. The van der Waals surface area contributed by atoms with E-state index in [2.05, 4.69) is 54.0 Å². The fourth-order valence-corrected chi connectivity index (χ4v) is 5.56. The highest BCUT2D eigenvalue weighted by Crippen LogP contribution is 2.40. The van der Waals surface area contributed by atoms with Gasteiger partial charge in [-0.3, -0.25) is 4.79 Å². The van der Waals surface area contributed by atoms with E-state index >= 15 is 0 Å². The molecule has 1 saturated heterocycles. The first kappa shape index (κ1) is 24.5. The molecule has 3 aromatic rings. The number of carbonyl (C=O) groups is 1. The average Bonchev–Trinajstić information content (AvgIpc) is 2.83. The van der Waals surface area contributed by atoms with Crippen LogP contribution in [0.3, 0.4) is 0 Å². The summed E-state index contributed by atoms with van der Waals surface area (Å²) in [6.45, 7) is 7.94. The van der Waals surface area contributed by atoms with Gasteiger partial charge in [-0.05, 0) is 92.4 Å². The van der Waals surface area contributed by atoms with Crippen molar-refractivity contribution in [3.05, 3.63) is 89.2 Å². The first-order valence-electron chi connectivity index (χ1n) is 12.0. The lowest BCUT2D eigenvalue weighted by atomic mass is 9.68. The molecule has 0 radical (unpaired) electrons. The van der Waals surface area contributed by atoms with Crippen molar-refractivity contribution in [1.29, 1.82) is 0 Å². The number of aryl methyl sites for hydroxylation is 1. The average molecular weight is 477 g/mol. The molecular weight excluding hydrogens is 443 g/mol. The molecule has 1 heterocycles. The molecule has 0 bridgehead atoms. The molecule has 1 amide bonds. The van der Waals surface area contributed by atoms with Crippen molar-refractivity contribution < 1.29 is 9.18 Å². The van der Waals surface area contributed by atoms with Gasteiger partial charge < -0.3 is 10.6 Å². The number of nitrogens with one attached hydrogen (secondary N) is 2. The molecular formula is C29H33FN2OS. The molecule has 34 heavy (non-hydrogen) atoms. The molecule has 5 heteroatoms. The van der Waals surface area contributed by atoms with Gasteiger partial charge >= 0.3 is 0 Å². The number of halogens is 1. The minimum Gasteiger partial charge on any atom is -0.326 e. The molecule has 1 fully saturated rings. The van der Waals surface area contributed by atoms with Gasteiger partial charge in [-0.1, -0.05) is 55.9 Å². The van der Waals surface area contributed by atoms with Crippen LogP contribution in [-0.2, 0) is 16.6 Å². The molecule has 178 valence electrons. The normalized spacial score (nSPS) is 15.3. The van der Waals surface area contributed by atoms with Crippen molar-refractivity contribution >= 4 is 23.4 Å². The van der Waals surface area contributed by atoms with Gasteiger partial charge in [-0.15, -0.1) is 0 Å². The van der Waals surface area contributed by atoms with Crippen molar-refractivity contribution in [3.63, 3.8) is 0 Å². The van der Waals surface area contributed by atoms with Crippen molar-refractivity contribution in [3.8, 4) is 0 Å². The fraction of sp³-hybridized carbons (Fsp3) is 0.345. The molecule has 2 N–H and O–H groups in total. The number of benzene rings is 3. The molecule has 3 nitrogen and oxygen atoms in total. The lowest BCUT2D eigenvalue weighted by Gasteiger charge is -2.40. The van der Waals surface area contributed by atoms with Crippen LogP contribution in [0.15, 0.2) is 76.5 Å². The van der Waals surface area contributed by atoms with Crippen molar-refractivity contribution in [2.24, 2.45) is 5.92 Å². The van der Waals surface area contributed by atoms with Crippen LogP contribution in [0.1, 0.15) is 43.4 Å². The monoisotopic (exact) mass is 476 g/mol. The lowest BCUT2D eigenvalue weighted by molar-refractivity contribution is -0.118. The van der Waals surface area contributed by atoms with E-state index in [1.807, 2.05) is 32.0 Å². The first-order chi connectivity index (χ1) is 16.4. The second-order valence-electron chi connectivity index (χ2n) is 9.56. The summed E-state index contributed by atoms with van der Waals surface area (Å²) in [5, 5.41) is 6.59. The molecule has 0 spiro atoms. The van der Waals surface area contributed by atoms with Gasteiger partial charge in [0.25, 0.3) is 0 Å². The van der Waals surface area contributed by atoms with Crippen LogP contribution in [0.5, 0.6) is 0 Å². The standard InChI is InChI=1S/C29H33FN2OS/c1-20(2)28(33)32-23-11-8-21(3)25(18-23)29(14-16-31-17-15-29)19-22-9-12-24(13-10-22)34-27-7-5-4-6-26(27)30/h4-13,18,20,31H,14-17,19H2,1-3H3,(H,32,33). The summed E-state index contributed by atoms with van der Waals surface area (Å²) in [6.07, 6.45) is 3.02. The fourth-order valence-electron chi connectivity index (χ4n) is 4.72. The molecule has 4 rings (SSSR count). The topological polar surface area (TPSA) is 41.1 Å². The first-order valence-corrected chi connectivity index (χ1v) is 12.8. The summed E-state index contributed by atoms with van der Waals surface area (Å²) < 4.78 is 14.0. The zero-order valence-corrected chi connectivity index (χ0v) is 21.0. The maximum absolute atomic E-state index is 14.0. The third kappa shape index (κ3) is 5.70. The summed E-state index contributed by atoms with van der Waals surface area (Å²) >= 11 is 1.45. The molecule has 0 aromatic heterocycles. The number of hydrogen-bond acceptors (Lipinski definition) is 3. The van der Waals surface area contributed by atoms with E-state index < -0.39 is 0 Å². The Balaban J connectivity index is 1.59. The Morgan fingerprint density at radius 1 is 1.06 bits per heavy atom. The Hall–Kier alpha value is -2.63. The maximum atomic E-state index is 14.0. The molecule has 0 unspecified atom stereocenters. The van der Waals surface area contributed by atoms with Gasteiger partial charge in [0.1, 0.15) is 5.82 Å². The number of amides is 1. The van der Waals surface area contributed by atoms with Crippen LogP contribution in [-0.4, -0.2) is 19.0 Å². The summed E-state index contributed by atoms with van der Waals surface area (Å²) in [5.74, 6) is -0.208. The van der Waals surface area contributed by atoms with E-state index in [1.54, 1.807) is 6.07 Å². The minimum atomic E-state index is -0.190. The second kappa shape index (κ2) is 10.7. The smallest absolute Gasteiger partial charge is 0.226 e. The molecule has 1 aliphatic rings. The van der Waals surface area contributed by atoms with E-state index in [1.165, 1.54) is 34.5 Å². The zero-order chi connectivity index (χ0) is 24.1. The van der Waals surface area contributed by atoms with E-state index in [0.29, 0.717) is 4.90 Å². The number of carbonyl (C=O) groups excluding carboxylic acids is 1. The summed E-state index contributed by atoms with van der Waals surface area (Å²) in [6, 6.07) is 21.7. The summed E-state index contributed by atoms with van der Waals surface area (Å²) in [5.41, 5.74) is 4.73. The molecule has 3 aromatic carbocycles. The third-order valence-corrected chi connectivity index (χ3v) is 7.75. The van der Waals surface area contributed by atoms with Crippen LogP contribution in [0.4, 0.5) is 10.1 Å². The predicted octanol–water partition coefficient (Wildman–Crippen LogP) is 6.74. The largest absolute Gasteiger partial charge is 0.326 e. The van der Waals surface area contributed by atoms with Gasteiger partial charge in [0, 0.05) is 26.8 Å². The van der Waals surface area contributed by atoms with Gasteiger partial charge in [0.2, 0.25) is 5.91 Å². The van der Waals surface area contributed by atoms with Gasteiger partial charge in [-0.2, -0.15) is 0 Å². The Morgan fingerprint density at radius 3 is 2.44 bits per heavy atom. The van der Waals surface area contributed by atoms with Crippen LogP contribution < -0.4 is 10.6 Å². The quantitative estimate of drug-likeness (QED) is 0.397. The highest BCUT2D eigenvalue weighted by Gasteiger charge is 2.35. The third-order valence-electron chi connectivity index (χ3n) is 6.69. The zero-order valence-electron chi connectivity index (χ0n) is 20.2. The maximum Gasteiger partial charge on any atom is 0.226 e. The van der Waals surface area contributed by atoms with Gasteiger partial charge in [0.15, 0.2) is 0 Å². The van der Waals surface area contributed by atoms with Crippen molar-refractivity contribution in [1.82, 2.24) is 5.32 Å². The summed E-state index contributed by atoms with van der Waals surface area (Å²) in [4.78, 5) is 14.0. The van der Waals surface area contributed by atoms with Crippen molar-refractivity contribution in [2.75, 3.05) is 18.4 Å². The summed E-state index contributed by atoms with van der Waals surface area (Å²) in [7, 11) is 0.